The van der Waals surface area contributed by atoms with Crippen LogP contribution < -0.4 is 5.32 Å². The minimum atomic E-state index is -0.174. The maximum atomic E-state index is 12.4. The molecule has 0 spiro atoms. The Balaban J connectivity index is 1.73. The zero-order valence-corrected chi connectivity index (χ0v) is 13.3. The summed E-state index contributed by atoms with van der Waals surface area (Å²) in [6.07, 6.45) is 5.37. The van der Waals surface area contributed by atoms with Crippen LogP contribution in [0.2, 0.25) is 0 Å². The summed E-state index contributed by atoms with van der Waals surface area (Å²) in [6.45, 7) is 5.44. The van der Waals surface area contributed by atoms with Crippen LogP contribution in [-0.2, 0) is 0 Å². The monoisotopic (exact) mass is 310 g/mol. The Morgan fingerprint density at radius 2 is 2.00 bits per heavy atom. The van der Waals surface area contributed by atoms with Gasteiger partial charge in [0.05, 0.1) is 18.1 Å². The molecule has 1 aromatic carbocycles. The first-order valence-corrected chi connectivity index (χ1v) is 7.38. The number of nitrogens with one attached hydrogen (secondary N) is 1. The normalized spacial score (nSPS) is 12.1. The van der Waals surface area contributed by atoms with Gasteiger partial charge in [-0.2, -0.15) is 0 Å². The van der Waals surface area contributed by atoms with Crippen LogP contribution in [0.4, 0.5) is 0 Å². The van der Waals surface area contributed by atoms with E-state index < -0.39 is 0 Å². The van der Waals surface area contributed by atoms with Crippen LogP contribution in [0.15, 0.2) is 47.5 Å². The number of rotatable bonds is 4. The van der Waals surface area contributed by atoms with E-state index in [9.17, 15) is 4.79 Å². The number of imidazole rings is 1. The third kappa shape index (κ3) is 3.01. The zero-order chi connectivity index (χ0) is 16.4. The molecule has 0 bridgehead atoms. The Bertz CT molecular complexity index is 784. The molecule has 118 valence electrons. The maximum Gasteiger partial charge on any atom is 0.257 e. The Morgan fingerprint density at radius 3 is 2.57 bits per heavy atom. The second-order valence-corrected chi connectivity index (χ2v) is 5.46. The Kier molecular flexibility index (Phi) is 3.97. The highest BCUT2D eigenvalue weighted by Gasteiger charge is 2.19. The molecule has 0 saturated heterocycles. The number of aryl methyl sites for hydroxylation is 2. The largest absolute Gasteiger partial charge is 0.361 e. The second-order valence-electron chi connectivity index (χ2n) is 5.46. The van der Waals surface area contributed by atoms with E-state index in [0.717, 1.165) is 11.3 Å². The van der Waals surface area contributed by atoms with Gasteiger partial charge in [-0.05, 0) is 38.5 Å². The van der Waals surface area contributed by atoms with Gasteiger partial charge in [-0.1, -0.05) is 17.3 Å². The van der Waals surface area contributed by atoms with Crippen molar-refractivity contribution >= 4 is 5.91 Å². The molecule has 0 radical (unpaired) electrons. The number of nitrogens with zero attached hydrogens (tertiary/aromatic N) is 3. The highest BCUT2D eigenvalue weighted by Crippen LogP contribution is 2.18. The van der Waals surface area contributed by atoms with E-state index in [1.807, 2.05) is 42.0 Å². The molecule has 1 amide bonds. The lowest BCUT2D eigenvalue weighted by Gasteiger charge is -2.15. The number of carbonyl (C=O) groups excluding carboxylic acids is 1. The highest BCUT2D eigenvalue weighted by atomic mass is 16.5. The van der Waals surface area contributed by atoms with Crippen LogP contribution in [0.1, 0.15) is 40.3 Å². The molecule has 2 heterocycles. The zero-order valence-electron chi connectivity index (χ0n) is 13.3. The second kappa shape index (κ2) is 6.08. The van der Waals surface area contributed by atoms with E-state index in [-0.39, 0.29) is 11.9 Å². The predicted molar refractivity (Wildman–Crippen MR) is 85.4 cm³/mol. The van der Waals surface area contributed by atoms with E-state index in [0.29, 0.717) is 17.0 Å². The van der Waals surface area contributed by atoms with Crippen molar-refractivity contribution in [2.24, 2.45) is 0 Å². The lowest BCUT2D eigenvalue weighted by atomic mass is 10.1. The molecule has 3 rings (SSSR count). The van der Waals surface area contributed by atoms with Gasteiger partial charge in [-0.15, -0.1) is 0 Å². The van der Waals surface area contributed by atoms with Crippen LogP contribution in [0.5, 0.6) is 0 Å². The highest BCUT2D eigenvalue weighted by molar-refractivity contribution is 5.96. The van der Waals surface area contributed by atoms with Crippen LogP contribution in [0.25, 0.3) is 5.69 Å². The number of aromatic nitrogens is 3. The van der Waals surface area contributed by atoms with Crippen LogP contribution in [-0.4, -0.2) is 20.6 Å². The lowest BCUT2D eigenvalue weighted by Crippen LogP contribution is -2.27. The fourth-order valence-corrected chi connectivity index (χ4v) is 2.51. The van der Waals surface area contributed by atoms with E-state index in [4.69, 9.17) is 4.52 Å². The standard InChI is InChI=1S/C17H18N4O2/c1-11(19-17(22)16-12(2)20-23-13(16)3)14-4-6-15(7-5-14)21-9-8-18-10-21/h4-11H,1-3H3,(H,19,22). The maximum absolute atomic E-state index is 12.4. The summed E-state index contributed by atoms with van der Waals surface area (Å²) in [5, 5.41) is 6.79. The van der Waals surface area contributed by atoms with Crippen molar-refractivity contribution in [1.29, 1.82) is 0 Å². The Morgan fingerprint density at radius 1 is 1.26 bits per heavy atom. The van der Waals surface area contributed by atoms with Crippen molar-refractivity contribution < 1.29 is 9.32 Å². The molecule has 0 aliphatic carbocycles. The molecule has 1 unspecified atom stereocenters. The summed E-state index contributed by atoms with van der Waals surface area (Å²) < 4.78 is 6.97. The molecule has 1 N–H and O–H groups in total. The molecule has 6 heteroatoms. The van der Waals surface area contributed by atoms with Gasteiger partial charge in [0.1, 0.15) is 11.3 Å². The summed E-state index contributed by atoms with van der Waals surface area (Å²) in [5.41, 5.74) is 3.15. The summed E-state index contributed by atoms with van der Waals surface area (Å²) in [5.74, 6) is 0.357. The van der Waals surface area contributed by atoms with Crippen molar-refractivity contribution in [3.8, 4) is 5.69 Å². The quantitative estimate of drug-likeness (QED) is 0.804. The number of benzene rings is 1. The molecule has 0 aliphatic heterocycles. The third-order valence-corrected chi connectivity index (χ3v) is 3.80. The molecule has 6 nitrogen and oxygen atoms in total. The number of hydrogen-bond acceptors (Lipinski definition) is 4. The van der Waals surface area contributed by atoms with Crippen molar-refractivity contribution in [3.63, 3.8) is 0 Å². The van der Waals surface area contributed by atoms with Gasteiger partial charge >= 0.3 is 0 Å². The minimum Gasteiger partial charge on any atom is -0.361 e. The third-order valence-electron chi connectivity index (χ3n) is 3.80. The van der Waals surface area contributed by atoms with Crippen molar-refractivity contribution in [1.82, 2.24) is 20.0 Å². The number of hydrogen-bond donors (Lipinski definition) is 1. The summed E-state index contributed by atoms with van der Waals surface area (Å²) >= 11 is 0. The molecule has 0 saturated carbocycles. The molecular weight excluding hydrogens is 292 g/mol. The van der Waals surface area contributed by atoms with Gasteiger partial charge in [0.25, 0.3) is 5.91 Å². The van der Waals surface area contributed by atoms with Gasteiger partial charge < -0.3 is 14.4 Å². The van der Waals surface area contributed by atoms with Gasteiger partial charge in [0, 0.05) is 18.1 Å². The average Bonchev–Trinajstić information content (AvgIpc) is 3.17. The summed E-state index contributed by atoms with van der Waals surface area (Å²) in [6, 6.07) is 7.86. The molecule has 1 atom stereocenters. The first-order chi connectivity index (χ1) is 11.1. The van der Waals surface area contributed by atoms with Crippen molar-refractivity contribution in [2.75, 3.05) is 0 Å². The van der Waals surface area contributed by atoms with E-state index >= 15 is 0 Å². The lowest BCUT2D eigenvalue weighted by molar-refractivity contribution is 0.0938. The van der Waals surface area contributed by atoms with Crippen LogP contribution in [0.3, 0.4) is 0 Å². The SMILES string of the molecule is Cc1noc(C)c1C(=O)NC(C)c1ccc(-n2ccnc2)cc1. The smallest absolute Gasteiger partial charge is 0.257 e. The number of carbonyl (C=O) groups is 1. The minimum absolute atomic E-state index is 0.118. The van der Waals surface area contributed by atoms with Gasteiger partial charge in [-0.25, -0.2) is 4.98 Å². The van der Waals surface area contributed by atoms with Gasteiger partial charge in [0.15, 0.2) is 0 Å². The Hall–Kier alpha value is -2.89. The van der Waals surface area contributed by atoms with Crippen LogP contribution in [0, 0.1) is 13.8 Å². The Labute approximate surface area is 134 Å². The molecular formula is C17H18N4O2. The molecule has 3 aromatic rings. The fourth-order valence-electron chi connectivity index (χ4n) is 2.51. The topological polar surface area (TPSA) is 73.0 Å². The van der Waals surface area contributed by atoms with E-state index in [1.165, 1.54) is 0 Å². The van der Waals surface area contributed by atoms with Crippen LogP contribution >= 0.6 is 0 Å². The fraction of sp³-hybridized carbons (Fsp3) is 0.235. The number of amides is 1. The molecule has 0 aliphatic rings. The van der Waals surface area contributed by atoms with E-state index in [2.05, 4.69) is 15.5 Å². The molecule has 23 heavy (non-hydrogen) atoms. The first kappa shape index (κ1) is 15.0. The average molecular weight is 310 g/mol. The summed E-state index contributed by atoms with van der Waals surface area (Å²) in [4.78, 5) is 16.4. The molecule has 0 fully saturated rings. The van der Waals surface area contributed by atoms with Gasteiger partial charge in [0.2, 0.25) is 0 Å². The van der Waals surface area contributed by atoms with E-state index in [1.54, 1.807) is 26.4 Å². The molecule has 2 aromatic heterocycles. The predicted octanol–water partition coefficient (Wildman–Crippen LogP) is 2.97. The van der Waals surface area contributed by atoms with Crippen molar-refractivity contribution in [3.05, 3.63) is 65.6 Å². The van der Waals surface area contributed by atoms with Crippen molar-refractivity contribution in [2.45, 2.75) is 26.8 Å². The first-order valence-electron chi connectivity index (χ1n) is 7.38. The summed E-state index contributed by atoms with van der Waals surface area (Å²) in [7, 11) is 0. The van der Waals surface area contributed by atoms with Gasteiger partial charge in [-0.3, -0.25) is 4.79 Å².